The molecule has 1 aliphatic heterocycles. The minimum Gasteiger partial charge on any atom is -0.339 e. The van der Waals surface area contributed by atoms with Gasteiger partial charge in [-0.3, -0.25) is 0 Å². The average Bonchev–Trinajstić information content (AvgIpc) is 2.90. The number of nitrogens with zero attached hydrogens (tertiary/aromatic N) is 2. The highest BCUT2D eigenvalue weighted by Gasteiger charge is 2.21. The molecule has 1 aromatic heterocycles. The lowest BCUT2D eigenvalue weighted by Crippen LogP contribution is -2.26. The molecule has 3 rings (SSSR count). The van der Waals surface area contributed by atoms with Crippen molar-refractivity contribution in [3.8, 4) is 11.4 Å². The van der Waals surface area contributed by atoms with Crippen molar-refractivity contribution in [2.45, 2.75) is 18.8 Å². The van der Waals surface area contributed by atoms with E-state index < -0.39 is 0 Å². The molecule has 96 valence electrons. The van der Waals surface area contributed by atoms with Gasteiger partial charge in [-0.05, 0) is 25.9 Å². The second-order valence-corrected chi connectivity index (χ2v) is 4.35. The van der Waals surface area contributed by atoms with Crippen LogP contribution < -0.4 is 5.32 Å². The maximum absolute atomic E-state index is 5.37. The molecule has 2 heterocycles. The van der Waals surface area contributed by atoms with Gasteiger partial charge in [0.2, 0.25) is 11.7 Å². The summed E-state index contributed by atoms with van der Waals surface area (Å²) in [5.74, 6) is 1.89. The normalized spacial score (nSPS) is 16.2. The number of nitrogens with one attached hydrogen (secondary N) is 1. The molecular formula is C13H16ClN3O. The van der Waals surface area contributed by atoms with Crippen LogP contribution in [0.2, 0.25) is 0 Å². The Hall–Kier alpha value is -1.39. The van der Waals surface area contributed by atoms with Crippen LogP contribution in [0.4, 0.5) is 0 Å². The zero-order valence-electron chi connectivity index (χ0n) is 10.0. The van der Waals surface area contributed by atoms with E-state index in [0.717, 1.165) is 37.4 Å². The summed E-state index contributed by atoms with van der Waals surface area (Å²) >= 11 is 0. The van der Waals surface area contributed by atoms with E-state index in [4.69, 9.17) is 4.52 Å². The largest absolute Gasteiger partial charge is 0.339 e. The van der Waals surface area contributed by atoms with Crippen molar-refractivity contribution in [2.75, 3.05) is 13.1 Å². The predicted octanol–water partition coefficient (Wildman–Crippen LogP) is 2.63. The van der Waals surface area contributed by atoms with Crippen LogP contribution in [0.1, 0.15) is 24.7 Å². The Balaban J connectivity index is 0.00000120. The standard InChI is InChI=1S/C13H15N3O.ClH/c1-2-4-10(5-3-1)12-15-13(17-16-12)11-6-8-14-9-7-11;/h1-5,11,14H,6-9H2;1H. The van der Waals surface area contributed by atoms with Crippen molar-refractivity contribution in [2.24, 2.45) is 0 Å². The number of hydrogen-bond donors (Lipinski definition) is 1. The summed E-state index contributed by atoms with van der Waals surface area (Å²) in [6, 6.07) is 9.94. The van der Waals surface area contributed by atoms with Crippen LogP contribution in [0, 0.1) is 0 Å². The second kappa shape index (κ2) is 5.98. The van der Waals surface area contributed by atoms with Gasteiger partial charge in [0.1, 0.15) is 0 Å². The molecule has 18 heavy (non-hydrogen) atoms. The highest BCUT2D eigenvalue weighted by atomic mass is 35.5. The maximum Gasteiger partial charge on any atom is 0.230 e. The number of hydrogen-bond acceptors (Lipinski definition) is 4. The Bertz CT molecular complexity index is 480. The van der Waals surface area contributed by atoms with E-state index in [-0.39, 0.29) is 12.4 Å². The van der Waals surface area contributed by atoms with E-state index in [9.17, 15) is 0 Å². The molecule has 0 unspecified atom stereocenters. The molecule has 1 aliphatic rings. The summed E-state index contributed by atoms with van der Waals surface area (Å²) in [7, 11) is 0. The molecule has 0 radical (unpaired) electrons. The summed E-state index contributed by atoms with van der Waals surface area (Å²) in [6.07, 6.45) is 2.16. The van der Waals surface area contributed by atoms with Gasteiger partial charge in [-0.2, -0.15) is 4.98 Å². The fourth-order valence-electron chi connectivity index (χ4n) is 2.17. The summed E-state index contributed by atoms with van der Waals surface area (Å²) in [6.45, 7) is 2.07. The first-order chi connectivity index (χ1) is 8.43. The van der Waals surface area contributed by atoms with E-state index in [1.165, 1.54) is 0 Å². The van der Waals surface area contributed by atoms with Crippen molar-refractivity contribution in [1.82, 2.24) is 15.5 Å². The molecule has 0 amide bonds. The third-order valence-corrected chi connectivity index (χ3v) is 3.16. The minimum atomic E-state index is 0. The summed E-state index contributed by atoms with van der Waals surface area (Å²) in [5.41, 5.74) is 1.01. The fourth-order valence-corrected chi connectivity index (χ4v) is 2.17. The van der Waals surface area contributed by atoms with Crippen molar-refractivity contribution >= 4 is 12.4 Å². The summed E-state index contributed by atoms with van der Waals surface area (Å²) < 4.78 is 5.37. The molecule has 0 atom stereocenters. The number of halogens is 1. The molecule has 5 heteroatoms. The smallest absolute Gasteiger partial charge is 0.230 e. The molecule has 1 N–H and O–H groups in total. The van der Waals surface area contributed by atoms with E-state index in [1.54, 1.807) is 0 Å². The van der Waals surface area contributed by atoms with Gasteiger partial charge < -0.3 is 9.84 Å². The molecule has 4 nitrogen and oxygen atoms in total. The van der Waals surface area contributed by atoms with Crippen LogP contribution in [-0.4, -0.2) is 23.2 Å². The van der Waals surface area contributed by atoms with Crippen molar-refractivity contribution in [3.05, 3.63) is 36.2 Å². The van der Waals surface area contributed by atoms with Gasteiger partial charge in [0.25, 0.3) is 0 Å². The van der Waals surface area contributed by atoms with Gasteiger partial charge in [-0.15, -0.1) is 12.4 Å². The Morgan fingerprint density at radius 1 is 1.11 bits per heavy atom. The number of piperidine rings is 1. The fraction of sp³-hybridized carbons (Fsp3) is 0.385. The molecule has 0 bridgehead atoms. The van der Waals surface area contributed by atoms with Gasteiger partial charge in [-0.1, -0.05) is 35.5 Å². The van der Waals surface area contributed by atoms with Gasteiger partial charge in [0, 0.05) is 11.5 Å². The predicted molar refractivity (Wildman–Crippen MR) is 71.8 cm³/mol. The zero-order valence-corrected chi connectivity index (χ0v) is 10.8. The van der Waals surface area contributed by atoms with Gasteiger partial charge in [-0.25, -0.2) is 0 Å². The van der Waals surface area contributed by atoms with Crippen LogP contribution in [0.15, 0.2) is 34.9 Å². The van der Waals surface area contributed by atoms with E-state index >= 15 is 0 Å². The van der Waals surface area contributed by atoms with Crippen LogP contribution in [0.5, 0.6) is 0 Å². The van der Waals surface area contributed by atoms with E-state index in [2.05, 4.69) is 15.5 Å². The molecule has 2 aromatic rings. The summed E-state index contributed by atoms with van der Waals surface area (Å²) in [5, 5.41) is 7.39. The van der Waals surface area contributed by atoms with Crippen LogP contribution in [0.3, 0.4) is 0 Å². The molecular weight excluding hydrogens is 250 g/mol. The third kappa shape index (κ3) is 2.71. The van der Waals surface area contributed by atoms with E-state index in [0.29, 0.717) is 11.7 Å². The van der Waals surface area contributed by atoms with Gasteiger partial charge in [0.05, 0.1) is 0 Å². The van der Waals surface area contributed by atoms with Crippen molar-refractivity contribution in [3.63, 3.8) is 0 Å². The van der Waals surface area contributed by atoms with Crippen LogP contribution in [0.25, 0.3) is 11.4 Å². The lowest BCUT2D eigenvalue weighted by atomic mass is 9.98. The highest BCUT2D eigenvalue weighted by Crippen LogP contribution is 2.25. The van der Waals surface area contributed by atoms with Crippen LogP contribution in [-0.2, 0) is 0 Å². The summed E-state index contributed by atoms with van der Waals surface area (Å²) in [4.78, 5) is 4.50. The lowest BCUT2D eigenvalue weighted by Gasteiger charge is -2.18. The van der Waals surface area contributed by atoms with Crippen molar-refractivity contribution < 1.29 is 4.52 Å². The quantitative estimate of drug-likeness (QED) is 0.907. The first-order valence-corrected chi connectivity index (χ1v) is 6.03. The Morgan fingerprint density at radius 3 is 2.56 bits per heavy atom. The van der Waals surface area contributed by atoms with Crippen molar-refractivity contribution in [1.29, 1.82) is 0 Å². The Labute approximate surface area is 112 Å². The SMILES string of the molecule is Cl.c1ccc(-c2noc(C3CCNCC3)n2)cc1. The maximum atomic E-state index is 5.37. The monoisotopic (exact) mass is 265 g/mol. The highest BCUT2D eigenvalue weighted by molar-refractivity contribution is 5.85. The minimum absolute atomic E-state index is 0. The molecule has 1 saturated heterocycles. The zero-order chi connectivity index (χ0) is 11.5. The molecule has 1 aromatic carbocycles. The average molecular weight is 266 g/mol. The first kappa shape index (κ1) is 13.1. The van der Waals surface area contributed by atoms with Crippen LogP contribution >= 0.6 is 12.4 Å². The Kier molecular flexibility index (Phi) is 4.33. The number of benzene rings is 1. The number of aromatic nitrogens is 2. The first-order valence-electron chi connectivity index (χ1n) is 6.03. The molecule has 0 aliphatic carbocycles. The number of rotatable bonds is 2. The van der Waals surface area contributed by atoms with Gasteiger partial charge in [0.15, 0.2) is 0 Å². The second-order valence-electron chi connectivity index (χ2n) is 4.35. The Morgan fingerprint density at radius 2 is 1.83 bits per heavy atom. The molecule has 0 spiro atoms. The lowest BCUT2D eigenvalue weighted by molar-refractivity contribution is 0.320. The van der Waals surface area contributed by atoms with Gasteiger partial charge >= 0.3 is 0 Å². The topological polar surface area (TPSA) is 51.0 Å². The van der Waals surface area contributed by atoms with E-state index in [1.807, 2.05) is 30.3 Å². The molecule has 1 fully saturated rings. The molecule has 0 saturated carbocycles. The third-order valence-electron chi connectivity index (χ3n) is 3.16.